The molecule has 2 heterocycles. The van der Waals surface area contributed by atoms with Crippen LogP contribution in [-0.4, -0.2) is 58.9 Å². The molecule has 0 spiro atoms. The van der Waals surface area contributed by atoms with Crippen LogP contribution in [0.4, 0.5) is 4.79 Å². The van der Waals surface area contributed by atoms with E-state index in [1.165, 1.54) is 0 Å². The lowest BCUT2D eigenvalue weighted by atomic mass is 10.0. The Labute approximate surface area is 176 Å². The Morgan fingerprint density at radius 2 is 1.59 bits per heavy atom. The maximum absolute atomic E-state index is 12.9. The van der Waals surface area contributed by atoms with Crippen LogP contribution in [0.2, 0.25) is 5.02 Å². The van der Waals surface area contributed by atoms with Gasteiger partial charge in [-0.1, -0.05) is 54.1 Å². The number of hydrogen-bond acceptors (Lipinski definition) is 2. The summed E-state index contributed by atoms with van der Waals surface area (Å²) < 4.78 is 0. The monoisotopic (exact) mass is 411 g/mol. The Bertz CT molecular complexity index is 848. The zero-order valence-electron chi connectivity index (χ0n) is 16.5. The normalized spacial score (nSPS) is 17.8. The second kappa shape index (κ2) is 8.87. The summed E-state index contributed by atoms with van der Waals surface area (Å²) >= 11 is 5.91. The minimum atomic E-state index is 0.125. The third-order valence-electron chi connectivity index (χ3n) is 5.87. The number of nitrogens with zero attached hydrogens (tertiary/aromatic N) is 3. The van der Waals surface area contributed by atoms with E-state index < -0.39 is 0 Å². The van der Waals surface area contributed by atoms with E-state index in [9.17, 15) is 9.59 Å². The van der Waals surface area contributed by atoms with Gasteiger partial charge in [0.2, 0.25) is 5.91 Å². The highest BCUT2D eigenvalue weighted by Gasteiger charge is 2.35. The van der Waals surface area contributed by atoms with Crippen LogP contribution in [0.5, 0.6) is 0 Å². The number of carbonyl (C=O) groups is 2. The van der Waals surface area contributed by atoms with Crippen LogP contribution in [0.15, 0.2) is 54.6 Å². The molecule has 0 radical (unpaired) electrons. The summed E-state index contributed by atoms with van der Waals surface area (Å²) in [5.41, 5.74) is 2.14. The molecule has 0 bridgehead atoms. The van der Waals surface area contributed by atoms with Gasteiger partial charge in [0.1, 0.15) is 0 Å². The van der Waals surface area contributed by atoms with E-state index in [2.05, 4.69) is 12.1 Å². The smallest absolute Gasteiger partial charge is 0.320 e. The molecule has 0 atom stereocenters. The zero-order valence-corrected chi connectivity index (χ0v) is 17.2. The molecule has 4 rings (SSSR count). The van der Waals surface area contributed by atoms with Crippen molar-refractivity contribution >= 4 is 23.5 Å². The number of amides is 3. The highest BCUT2D eigenvalue weighted by Crippen LogP contribution is 2.23. The fraction of sp³-hybridized carbons (Fsp3) is 0.391. The van der Waals surface area contributed by atoms with E-state index in [4.69, 9.17) is 11.6 Å². The predicted molar refractivity (Wildman–Crippen MR) is 114 cm³/mol. The van der Waals surface area contributed by atoms with Crippen LogP contribution in [0.25, 0.3) is 0 Å². The Hall–Kier alpha value is -2.53. The highest BCUT2D eigenvalue weighted by molar-refractivity contribution is 6.30. The van der Waals surface area contributed by atoms with Gasteiger partial charge in [-0.2, -0.15) is 0 Å². The van der Waals surface area contributed by atoms with Crippen LogP contribution in [0.3, 0.4) is 0 Å². The van der Waals surface area contributed by atoms with E-state index >= 15 is 0 Å². The maximum Gasteiger partial charge on any atom is 0.320 e. The number of urea groups is 1. The van der Waals surface area contributed by atoms with Gasteiger partial charge >= 0.3 is 6.03 Å². The number of piperidine rings is 1. The summed E-state index contributed by atoms with van der Waals surface area (Å²) in [4.78, 5) is 31.3. The molecular weight excluding hydrogens is 386 g/mol. The van der Waals surface area contributed by atoms with Crippen molar-refractivity contribution in [1.29, 1.82) is 0 Å². The lowest BCUT2D eigenvalue weighted by molar-refractivity contribution is -0.131. The van der Waals surface area contributed by atoms with Crippen LogP contribution in [-0.2, 0) is 17.8 Å². The SMILES string of the molecule is O=C(Cc1ccc(Cl)cc1)N1CCC(N2CCN(Cc3ccccc3)C2=O)CC1. The Balaban J connectivity index is 1.27. The van der Waals surface area contributed by atoms with Gasteiger partial charge in [-0.15, -0.1) is 0 Å². The van der Waals surface area contributed by atoms with Crippen LogP contribution < -0.4 is 0 Å². The number of likely N-dealkylation sites (tertiary alicyclic amines) is 1. The third kappa shape index (κ3) is 4.73. The molecule has 2 aromatic carbocycles. The van der Waals surface area contributed by atoms with Crippen LogP contribution in [0.1, 0.15) is 24.0 Å². The number of halogens is 1. The first-order valence-electron chi connectivity index (χ1n) is 10.2. The predicted octanol–water partition coefficient (Wildman–Crippen LogP) is 3.81. The summed E-state index contributed by atoms with van der Waals surface area (Å²) in [5, 5.41) is 0.679. The van der Waals surface area contributed by atoms with Gasteiger partial charge in [0.15, 0.2) is 0 Å². The van der Waals surface area contributed by atoms with E-state index in [1.54, 1.807) is 0 Å². The van der Waals surface area contributed by atoms with Gasteiger partial charge in [-0.3, -0.25) is 4.79 Å². The second-order valence-electron chi connectivity index (χ2n) is 7.80. The Morgan fingerprint density at radius 3 is 2.28 bits per heavy atom. The van der Waals surface area contributed by atoms with Crippen molar-refractivity contribution in [1.82, 2.24) is 14.7 Å². The van der Waals surface area contributed by atoms with Crippen molar-refractivity contribution in [3.05, 3.63) is 70.7 Å². The van der Waals surface area contributed by atoms with Gasteiger partial charge in [-0.25, -0.2) is 4.79 Å². The summed E-state index contributed by atoms with van der Waals surface area (Å²) in [7, 11) is 0. The second-order valence-corrected chi connectivity index (χ2v) is 8.23. The number of carbonyl (C=O) groups excluding carboxylic acids is 2. The highest BCUT2D eigenvalue weighted by atomic mass is 35.5. The lowest BCUT2D eigenvalue weighted by Gasteiger charge is -2.36. The molecule has 0 saturated carbocycles. The molecule has 2 saturated heterocycles. The Morgan fingerprint density at radius 1 is 0.897 bits per heavy atom. The maximum atomic E-state index is 12.9. The molecule has 0 unspecified atom stereocenters. The first-order chi connectivity index (χ1) is 14.1. The number of benzene rings is 2. The van der Waals surface area contributed by atoms with Gasteiger partial charge in [0.25, 0.3) is 0 Å². The first kappa shape index (κ1) is 19.8. The largest absolute Gasteiger partial charge is 0.342 e. The first-order valence-corrected chi connectivity index (χ1v) is 10.6. The van der Waals surface area contributed by atoms with Crippen LogP contribution in [0, 0.1) is 0 Å². The zero-order chi connectivity index (χ0) is 20.2. The van der Waals surface area contributed by atoms with Gasteiger partial charge < -0.3 is 14.7 Å². The summed E-state index contributed by atoms with van der Waals surface area (Å²) in [6, 6.07) is 17.9. The molecular formula is C23H26ClN3O2. The molecule has 152 valence electrons. The lowest BCUT2D eigenvalue weighted by Crippen LogP contribution is -2.48. The molecule has 2 fully saturated rings. The summed E-state index contributed by atoms with van der Waals surface area (Å²) in [6.45, 7) is 3.62. The van der Waals surface area contributed by atoms with E-state index in [1.807, 2.05) is 57.2 Å². The van der Waals surface area contributed by atoms with Crippen LogP contribution >= 0.6 is 11.6 Å². The van der Waals surface area contributed by atoms with E-state index in [0.717, 1.165) is 37.1 Å². The molecule has 0 aliphatic carbocycles. The standard InChI is InChI=1S/C23H26ClN3O2/c24-20-8-6-18(7-9-20)16-22(28)25-12-10-21(11-13-25)27-15-14-26(23(27)29)17-19-4-2-1-3-5-19/h1-9,21H,10-17H2. The van der Waals surface area contributed by atoms with Gasteiger partial charge in [0.05, 0.1) is 6.42 Å². The van der Waals surface area contributed by atoms with Crippen molar-refractivity contribution < 1.29 is 9.59 Å². The minimum absolute atomic E-state index is 0.125. The van der Waals surface area contributed by atoms with Crippen molar-refractivity contribution in [3.8, 4) is 0 Å². The number of rotatable bonds is 5. The van der Waals surface area contributed by atoms with Crippen molar-refractivity contribution in [2.75, 3.05) is 26.2 Å². The van der Waals surface area contributed by atoms with E-state index in [-0.39, 0.29) is 18.0 Å². The van der Waals surface area contributed by atoms with Crippen molar-refractivity contribution in [2.24, 2.45) is 0 Å². The molecule has 0 N–H and O–H groups in total. The molecule has 3 amide bonds. The average Bonchev–Trinajstić information content (AvgIpc) is 3.11. The third-order valence-corrected chi connectivity index (χ3v) is 6.12. The summed E-state index contributed by atoms with van der Waals surface area (Å²) in [5.74, 6) is 0.143. The summed E-state index contributed by atoms with van der Waals surface area (Å²) in [6.07, 6.45) is 2.09. The van der Waals surface area contributed by atoms with Gasteiger partial charge in [0, 0.05) is 43.8 Å². The fourth-order valence-corrected chi connectivity index (χ4v) is 4.33. The quantitative estimate of drug-likeness (QED) is 0.750. The Kier molecular flexibility index (Phi) is 6.05. The topological polar surface area (TPSA) is 43.9 Å². The molecule has 29 heavy (non-hydrogen) atoms. The number of hydrogen-bond donors (Lipinski definition) is 0. The van der Waals surface area contributed by atoms with Crippen molar-refractivity contribution in [2.45, 2.75) is 31.8 Å². The molecule has 2 aliphatic heterocycles. The minimum Gasteiger partial charge on any atom is -0.342 e. The van der Waals surface area contributed by atoms with E-state index in [0.29, 0.717) is 31.1 Å². The molecule has 0 aromatic heterocycles. The van der Waals surface area contributed by atoms with Gasteiger partial charge in [-0.05, 0) is 36.1 Å². The molecule has 5 nitrogen and oxygen atoms in total. The van der Waals surface area contributed by atoms with Crippen molar-refractivity contribution in [3.63, 3.8) is 0 Å². The molecule has 2 aromatic rings. The fourth-order valence-electron chi connectivity index (χ4n) is 4.21. The molecule has 6 heteroatoms. The molecule has 2 aliphatic rings. The average molecular weight is 412 g/mol.